The van der Waals surface area contributed by atoms with E-state index in [-0.39, 0.29) is 12.5 Å². The topological polar surface area (TPSA) is 65.5 Å². The Morgan fingerprint density at radius 2 is 2.10 bits per heavy atom. The van der Waals surface area contributed by atoms with Crippen molar-refractivity contribution in [3.63, 3.8) is 0 Å². The number of hydrogen-bond acceptors (Lipinski definition) is 4. The third-order valence-corrected chi connectivity index (χ3v) is 3.30. The van der Waals surface area contributed by atoms with Crippen LogP contribution in [0.15, 0.2) is 42.6 Å². The van der Waals surface area contributed by atoms with Gasteiger partial charge in [0.05, 0.1) is 17.5 Å². The summed E-state index contributed by atoms with van der Waals surface area (Å²) in [4.78, 5) is 18.0. The number of aliphatic hydroxyl groups excluding tert-OH is 1. The molecule has 102 valence electrons. The number of nitrogens with one attached hydrogen (secondary N) is 1. The van der Waals surface area contributed by atoms with Gasteiger partial charge in [0.15, 0.2) is 0 Å². The maximum atomic E-state index is 11.8. The molecule has 0 radical (unpaired) electrons. The van der Waals surface area contributed by atoms with Crippen LogP contribution in [0, 0.1) is 0 Å². The summed E-state index contributed by atoms with van der Waals surface area (Å²) in [6, 6.07) is 11.3. The SMILES string of the molecule is C[C@H](O)c1ccc(N2CC(=O)Nc3ccccc32)nc1. The number of anilines is 3. The molecule has 2 heterocycles. The molecule has 1 aromatic heterocycles. The lowest BCUT2D eigenvalue weighted by Gasteiger charge is -2.30. The Bertz CT molecular complexity index is 638. The van der Waals surface area contributed by atoms with Gasteiger partial charge in [0, 0.05) is 6.20 Å². The molecule has 5 nitrogen and oxygen atoms in total. The third kappa shape index (κ3) is 2.23. The fraction of sp³-hybridized carbons (Fsp3) is 0.200. The molecule has 1 aromatic carbocycles. The second kappa shape index (κ2) is 4.94. The van der Waals surface area contributed by atoms with Crippen LogP contribution in [0.3, 0.4) is 0 Å². The Morgan fingerprint density at radius 1 is 1.30 bits per heavy atom. The molecule has 3 rings (SSSR count). The molecule has 1 atom stereocenters. The van der Waals surface area contributed by atoms with E-state index in [0.717, 1.165) is 16.9 Å². The van der Waals surface area contributed by atoms with Gasteiger partial charge in [-0.25, -0.2) is 4.98 Å². The average molecular weight is 269 g/mol. The summed E-state index contributed by atoms with van der Waals surface area (Å²) in [5.41, 5.74) is 2.46. The van der Waals surface area contributed by atoms with Crippen molar-refractivity contribution in [3.05, 3.63) is 48.2 Å². The number of aliphatic hydroxyl groups is 1. The molecule has 2 N–H and O–H groups in total. The lowest BCUT2D eigenvalue weighted by Crippen LogP contribution is -2.35. The molecular formula is C15H15N3O2. The van der Waals surface area contributed by atoms with Crippen molar-refractivity contribution in [2.24, 2.45) is 0 Å². The van der Waals surface area contributed by atoms with Gasteiger partial charge < -0.3 is 15.3 Å². The summed E-state index contributed by atoms with van der Waals surface area (Å²) >= 11 is 0. The van der Waals surface area contributed by atoms with Gasteiger partial charge in [-0.05, 0) is 30.7 Å². The van der Waals surface area contributed by atoms with Crippen LogP contribution in [0.2, 0.25) is 0 Å². The standard InChI is InChI=1S/C15H15N3O2/c1-10(19)11-6-7-14(16-8-11)18-9-15(20)17-12-4-2-3-5-13(12)18/h2-8,10,19H,9H2,1H3,(H,17,20)/t10-/m0/s1. The number of carbonyl (C=O) groups is 1. The maximum Gasteiger partial charge on any atom is 0.244 e. The zero-order valence-corrected chi connectivity index (χ0v) is 11.1. The normalized spacial score (nSPS) is 15.5. The molecule has 0 fully saturated rings. The van der Waals surface area contributed by atoms with Crippen molar-refractivity contribution in [3.8, 4) is 0 Å². The second-order valence-electron chi connectivity index (χ2n) is 4.78. The number of amides is 1. The van der Waals surface area contributed by atoms with Gasteiger partial charge in [-0.3, -0.25) is 4.79 Å². The minimum Gasteiger partial charge on any atom is -0.389 e. The predicted octanol–water partition coefficient (Wildman–Crippen LogP) is 2.23. The molecule has 0 saturated carbocycles. The van der Waals surface area contributed by atoms with Crippen molar-refractivity contribution in [1.82, 2.24) is 4.98 Å². The largest absolute Gasteiger partial charge is 0.389 e. The molecule has 0 saturated heterocycles. The fourth-order valence-electron chi connectivity index (χ4n) is 2.24. The van der Waals surface area contributed by atoms with E-state index in [0.29, 0.717) is 5.82 Å². The van der Waals surface area contributed by atoms with Crippen LogP contribution in [0.5, 0.6) is 0 Å². The average Bonchev–Trinajstić information content (AvgIpc) is 2.46. The van der Waals surface area contributed by atoms with Gasteiger partial charge in [0.1, 0.15) is 12.4 Å². The molecule has 0 spiro atoms. The van der Waals surface area contributed by atoms with Gasteiger partial charge in [-0.2, -0.15) is 0 Å². The van der Waals surface area contributed by atoms with Gasteiger partial charge in [-0.1, -0.05) is 18.2 Å². The molecule has 0 unspecified atom stereocenters. The molecule has 20 heavy (non-hydrogen) atoms. The Kier molecular flexibility index (Phi) is 3.12. The van der Waals surface area contributed by atoms with Crippen LogP contribution in [0.25, 0.3) is 0 Å². The Balaban J connectivity index is 1.99. The predicted molar refractivity (Wildman–Crippen MR) is 76.9 cm³/mol. The van der Waals surface area contributed by atoms with Crippen molar-refractivity contribution in [2.45, 2.75) is 13.0 Å². The lowest BCUT2D eigenvalue weighted by atomic mass is 10.1. The van der Waals surface area contributed by atoms with Gasteiger partial charge in [0.2, 0.25) is 5.91 Å². The van der Waals surface area contributed by atoms with Crippen LogP contribution in [0.1, 0.15) is 18.6 Å². The number of nitrogens with zero attached hydrogens (tertiary/aromatic N) is 2. The first kappa shape index (κ1) is 12.6. The highest BCUT2D eigenvalue weighted by Crippen LogP contribution is 2.33. The van der Waals surface area contributed by atoms with E-state index in [1.165, 1.54) is 0 Å². The number of aromatic nitrogens is 1. The third-order valence-electron chi connectivity index (χ3n) is 3.30. The Labute approximate surface area is 116 Å². The first-order valence-corrected chi connectivity index (χ1v) is 6.45. The zero-order valence-electron chi connectivity index (χ0n) is 11.1. The van der Waals surface area contributed by atoms with E-state index in [9.17, 15) is 9.90 Å². The minimum atomic E-state index is -0.548. The number of benzene rings is 1. The second-order valence-corrected chi connectivity index (χ2v) is 4.78. The first-order valence-electron chi connectivity index (χ1n) is 6.45. The smallest absolute Gasteiger partial charge is 0.244 e. The van der Waals surface area contributed by atoms with Crippen molar-refractivity contribution >= 4 is 23.1 Å². The van der Waals surface area contributed by atoms with Crippen molar-refractivity contribution < 1.29 is 9.90 Å². The van der Waals surface area contributed by atoms with Crippen LogP contribution in [0.4, 0.5) is 17.2 Å². The summed E-state index contributed by atoms with van der Waals surface area (Å²) < 4.78 is 0. The van der Waals surface area contributed by atoms with E-state index in [1.807, 2.05) is 41.3 Å². The van der Waals surface area contributed by atoms with E-state index in [2.05, 4.69) is 10.3 Å². The Morgan fingerprint density at radius 3 is 2.80 bits per heavy atom. The highest BCUT2D eigenvalue weighted by Gasteiger charge is 2.23. The molecule has 0 aliphatic carbocycles. The highest BCUT2D eigenvalue weighted by molar-refractivity contribution is 6.02. The van der Waals surface area contributed by atoms with Crippen LogP contribution < -0.4 is 10.2 Å². The van der Waals surface area contributed by atoms with Crippen molar-refractivity contribution in [2.75, 3.05) is 16.8 Å². The molecule has 0 bridgehead atoms. The van der Waals surface area contributed by atoms with Crippen LogP contribution in [-0.2, 0) is 4.79 Å². The monoisotopic (exact) mass is 269 g/mol. The van der Waals surface area contributed by atoms with E-state index >= 15 is 0 Å². The van der Waals surface area contributed by atoms with Crippen LogP contribution in [-0.4, -0.2) is 22.5 Å². The first-order chi connectivity index (χ1) is 9.65. The molecule has 1 aliphatic rings. The van der Waals surface area contributed by atoms with E-state index in [4.69, 9.17) is 0 Å². The summed E-state index contributed by atoms with van der Waals surface area (Å²) in [7, 11) is 0. The number of pyridine rings is 1. The van der Waals surface area contributed by atoms with Gasteiger partial charge in [-0.15, -0.1) is 0 Å². The molecule has 2 aromatic rings. The molecule has 5 heteroatoms. The summed E-state index contributed by atoms with van der Waals surface area (Å²) in [6.45, 7) is 1.93. The summed E-state index contributed by atoms with van der Waals surface area (Å²) in [5, 5.41) is 12.3. The molecule has 1 aliphatic heterocycles. The zero-order chi connectivity index (χ0) is 14.1. The highest BCUT2D eigenvalue weighted by atomic mass is 16.3. The minimum absolute atomic E-state index is 0.0647. The summed E-state index contributed by atoms with van der Waals surface area (Å²) in [6.07, 6.45) is 1.09. The number of carbonyl (C=O) groups excluding carboxylic acids is 1. The Hall–Kier alpha value is -2.40. The van der Waals surface area contributed by atoms with Crippen molar-refractivity contribution in [1.29, 1.82) is 0 Å². The molecule has 1 amide bonds. The number of hydrogen-bond donors (Lipinski definition) is 2. The van der Waals surface area contributed by atoms with E-state index in [1.54, 1.807) is 13.1 Å². The maximum absolute atomic E-state index is 11.8. The van der Waals surface area contributed by atoms with Crippen LogP contribution >= 0.6 is 0 Å². The number of para-hydroxylation sites is 2. The molecular weight excluding hydrogens is 254 g/mol. The fourth-order valence-corrected chi connectivity index (χ4v) is 2.24. The van der Waals surface area contributed by atoms with Gasteiger partial charge in [0.25, 0.3) is 0 Å². The number of fused-ring (bicyclic) bond motifs is 1. The quantitative estimate of drug-likeness (QED) is 0.877. The lowest BCUT2D eigenvalue weighted by molar-refractivity contribution is -0.115. The summed E-state index contributed by atoms with van der Waals surface area (Å²) in [5.74, 6) is 0.627. The number of rotatable bonds is 2. The van der Waals surface area contributed by atoms with Gasteiger partial charge >= 0.3 is 0 Å². The van der Waals surface area contributed by atoms with E-state index < -0.39 is 6.10 Å².